The molecule has 1 aromatic carbocycles. The van der Waals surface area contributed by atoms with Crippen LogP contribution in [0.4, 0.5) is 0 Å². The molecule has 5 nitrogen and oxygen atoms in total. The van der Waals surface area contributed by atoms with Crippen molar-refractivity contribution >= 4 is 11.9 Å². The van der Waals surface area contributed by atoms with Crippen LogP contribution in [0, 0.1) is 0 Å². The summed E-state index contributed by atoms with van der Waals surface area (Å²) in [6.07, 6.45) is 1.14. The normalized spacial score (nSPS) is 11.0. The zero-order chi connectivity index (χ0) is 17.3. The maximum Gasteiger partial charge on any atom is 0.310 e. The van der Waals surface area contributed by atoms with E-state index in [1.165, 1.54) is 0 Å². The topological polar surface area (TPSA) is 61.8 Å². The molecule has 0 aliphatic heterocycles. The minimum atomic E-state index is -0.488. The molecule has 0 aliphatic carbocycles. The third kappa shape index (κ3) is 8.86. The lowest BCUT2D eigenvalue weighted by molar-refractivity contribution is -0.154. The molecule has 0 atom stereocenters. The molecule has 0 N–H and O–H groups in total. The van der Waals surface area contributed by atoms with Crippen LogP contribution >= 0.6 is 0 Å². The second kappa shape index (κ2) is 9.18. The van der Waals surface area contributed by atoms with Gasteiger partial charge >= 0.3 is 11.9 Å². The average molecular weight is 322 g/mol. The van der Waals surface area contributed by atoms with Gasteiger partial charge in [0.25, 0.3) is 0 Å². The van der Waals surface area contributed by atoms with Gasteiger partial charge in [-0.1, -0.05) is 12.1 Å². The molecule has 0 unspecified atom stereocenters. The summed E-state index contributed by atoms with van der Waals surface area (Å²) < 4.78 is 15.7. The van der Waals surface area contributed by atoms with Crippen LogP contribution in [0.5, 0.6) is 5.75 Å². The van der Waals surface area contributed by atoms with Crippen LogP contribution in [-0.2, 0) is 25.5 Å². The molecule has 0 amide bonds. The van der Waals surface area contributed by atoms with Gasteiger partial charge in [-0.3, -0.25) is 9.59 Å². The highest BCUT2D eigenvalue weighted by atomic mass is 16.6. The maximum absolute atomic E-state index is 11.8. The van der Waals surface area contributed by atoms with Crippen molar-refractivity contribution in [3.63, 3.8) is 0 Å². The van der Waals surface area contributed by atoms with Crippen molar-refractivity contribution in [1.82, 2.24) is 0 Å². The van der Waals surface area contributed by atoms with Crippen molar-refractivity contribution in [2.45, 2.75) is 52.6 Å². The first-order chi connectivity index (χ1) is 10.8. The molecule has 0 saturated heterocycles. The second-order valence-electron chi connectivity index (χ2n) is 6.17. The average Bonchev–Trinajstić information content (AvgIpc) is 2.42. The van der Waals surface area contributed by atoms with Gasteiger partial charge in [-0.05, 0) is 51.8 Å². The minimum absolute atomic E-state index is 0.206. The van der Waals surface area contributed by atoms with Gasteiger partial charge < -0.3 is 14.2 Å². The predicted octanol–water partition coefficient (Wildman–Crippen LogP) is 3.29. The van der Waals surface area contributed by atoms with Crippen molar-refractivity contribution in [2.24, 2.45) is 0 Å². The van der Waals surface area contributed by atoms with Crippen LogP contribution in [-0.4, -0.2) is 30.8 Å². The fraction of sp³-hybridized carbons (Fsp3) is 0.556. The highest BCUT2D eigenvalue weighted by Gasteiger charge is 2.16. The quantitative estimate of drug-likeness (QED) is 0.543. The minimum Gasteiger partial charge on any atom is -0.494 e. The van der Waals surface area contributed by atoms with E-state index in [2.05, 4.69) is 0 Å². The first-order valence-corrected chi connectivity index (χ1v) is 7.89. The van der Waals surface area contributed by atoms with Gasteiger partial charge in [0.15, 0.2) is 0 Å². The highest BCUT2D eigenvalue weighted by molar-refractivity contribution is 5.73. The predicted molar refractivity (Wildman–Crippen MR) is 87.4 cm³/mol. The lowest BCUT2D eigenvalue weighted by atomic mass is 10.1. The van der Waals surface area contributed by atoms with Gasteiger partial charge in [0, 0.05) is 6.42 Å². The monoisotopic (exact) mass is 322 g/mol. The molecule has 0 fully saturated rings. The van der Waals surface area contributed by atoms with Crippen LogP contribution in [0.25, 0.3) is 0 Å². The SMILES string of the molecule is CCOC(=O)CCCOc1cccc(CC(=O)OC(C)(C)C)c1. The number of hydrogen-bond donors (Lipinski definition) is 0. The third-order valence-electron chi connectivity index (χ3n) is 2.77. The summed E-state index contributed by atoms with van der Waals surface area (Å²) in [4.78, 5) is 23.0. The smallest absolute Gasteiger partial charge is 0.310 e. The Kier molecular flexibility index (Phi) is 7.59. The first kappa shape index (κ1) is 19.0. The molecule has 0 aliphatic rings. The molecule has 0 spiro atoms. The standard InChI is InChI=1S/C18H26O5/c1-5-21-16(19)10-7-11-22-15-9-6-8-14(12-15)13-17(20)23-18(2,3)4/h6,8-9,12H,5,7,10-11,13H2,1-4H3. The number of esters is 2. The summed E-state index contributed by atoms with van der Waals surface area (Å²) in [5.74, 6) is 0.196. The molecule has 1 aromatic rings. The van der Waals surface area contributed by atoms with E-state index in [0.717, 1.165) is 5.56 Å². The van der Waals surface area contributed by atoms with Gasteiger partial charge in [0.1, 0.15) is 11.4 Å². The number of rotatable bonds is 8. The van der Waals surface area contributed by atoms with E-state index in [1.54, 1.807) is 6.92 Å². The summed E-state index contributed by atoms with van der Waals surface area (Å²) in [5, 5.41) is 0. The van der Waals surface area contributed by atoms with E-state index >= 15 is 0 Å². The summed E-state index contributed by atoms with van der Waals surface area (Å²) in [5.41, 5.74) is 0.348. The van der Waals surface area contributed by atoms with Crippen LogP contribution in [0.3, 0.4) is 0 Å². The van der Waals surface area contributed by atoms with E-state index in [1.807, 2.05) is 45.0 Å². The van der Waals surface area contributed by atoms with E-state index < -0.39 is 5.60 Å². The molecule has 0 bridgehead atoms. The largest absolute Gasteiger partial charge is 0.494 e. The van der Waals surface area contributed by atoms with Gasteiger partial charge in [0.2, 0.25) is 0 Å². The first-order valence-electron chi connectivity index (χ1n) is 7.89. The number of carbonyl (C=O) groups excluding carboxylic acids is 2. The van der Waals surface area contributed by atoms with Crippen LogP contribution in [0.1, 0.15) is 46.1 Å². The Morgan fingerprint density at radius 1 is 1.13 bits per heavy atom. The molecule has 5 heteroatoms. The highest BCUT2D eigenvalue weighted by Crippen LogP contribution is 2.16. The molecule has 0 radical (unpaired) electrons. The molecule has 23 heavy (non-hydrogen) atoms. The zero-order valence-corrected chi connectivity index (χ0v) is 14.4. The summed E-state index contributed by atoms with van der Waals surface area (Å²) in [7, 11) is 0. The van der Waals surface area contributed by atoms with Crippen LogP contribution < -0.4 is 4.74 Å². The third-order valence-corrected chi connectivity index (χ3v) is 2.77. The van der Waals surface area contributed by atoms with E-state index in [-0.39, 0.29) is 18.4 Å². The van der Waals surface area contributed by atoms with Crippen molar-refractivity contribution in [1.29, 1.82) is 0 Å². The molecular weight excluding hydrogens is 296 g/mol. The van der Waals surface area contributed by atoms with Crippen LogP contribution in [0.15, 0.2) is 24.3 Å². The Bertz CT molecular complexity index is 516. The zero-order valence-electron chi connectivity index (χ0n) is 14.4. The molecule has 0 aromatic heterocycles. The summed E-state index contributed by atoms with van der Waals surface area (Å²) in [6, 6.07) is 7.33. The van der Waals surface area contributed by atoms with E-state index in [4.69, 9.17) is 14.2 Å². The number of carbonyl (C=O) groups is 2. The number of ether oxygens (including phenoxy) is 3. The van der Waals surface area contributed by atoms with Gasteiger partial charge in [-0.15, -0.1) is 0 Å². The number of hydrogen-bond acceptors (Lipinski definition) is 5. The maximum atomic E-state index is 11.8. The summed E-state index contributed by atoms with van der Waals surface area (Å²) >= 11 is 0. The van der Waals surface area contributed by atoms with E-state index in [9.17, 15) is 9.59 Å². The number of benzene rings is 1. The lowest BCUT2D eigenvalue weighted by Crippen LogP contribution is -2.24. The van der Waals surface area contributed by atoms with Gasteiger partial charge in [-0.25, -0.2) is 0 Å². The van der Waals surface area contributed by atoms with Crippen molar-refractivity contribution < 1.29 is 23.8 Å². The summed E-state index contributed by atoms with van der Waals surface area (Å²) in [6.45, 7) is 8.13. The van der Waals surface area contributed by atoms with Crippen molar-refractivity contribution in [3.8, 4) is 5.75 Å². The van der Waals surface area contributed by atoms with Crippen molar-refractivity contribution in [3.05, 3.63) is 29.8 Å². The van der Waals surface area contributed by atoms with Gasteiger partial charge in [-0.2, -0.15) is 0 Å². The molecule has 0 heterocycles. The van der Waals surface area contributed by atoms with Gasteiger partial charge in [0.05, 0.1) is 19.6 Å². The van der Waals surface area contributed by atoms with Crippen LogP contribution in [0.2, 0.25) is 0 Å². The van der Waals surface area contributed by atoms with E-state index in [0.29, 0.717) is 31.8 Å². The Balaban J connectivity index is 2.41. The molecule has 0 saturated carbocycles. The lowest BCUT2D eigenvalue weighted by Gasteiger charge is -2.19. The second-order valence-corrected chi connectivity index (χ2v) is 6.17. The molecule has 128 valence electrons. The molecule has 1 rings (SSSR count). The Hall–Kier alpha value is -2.04. The Labute approximate surface area is 137 Å². The van der Waals surface area contributed by atoms with Crippen molar-refractivity contribution in [2.75, 3.05) is 13.2 Å². The molecular formula is C18H26O5. The fourth-order valence-electron chi connectivity index (χ4n) is 1.93. The Morgan fingerprint density at radius 3 is 2.52 bits per heavy atom. The fourth-order valence-corrected chi connectivity index (χ4v) is 1.93. The Morgan fingerprint density at radius 2 is 1.87 bits per heavy atom.